The van der Waals surface area contributed by atoms with Crippen LogP contribution in [0.15, 0.2) is 54.7 Å². The molecule has 3 heterocycles. The SMILES string of the molecule is CC1(C(=O)N2CCN(c3ccccn3)CC2)CCCN1C(=O)OCc1ccccc1. The van der Waals surface area contributed by atoms with Crippen LogP contribution in [0.1, 0.15) is 25.3 Å². The van der Waals surface area contributed by atoms with Gasteiger partial charge in [-0.1, -0.05) is 36.4 Å². The standard InChI is InChI=1S/C23H28N4O3/c1-23(11-7-13-27(23)22(29)30-18-19-8-3-2-4-9-19)21(28)26-16-14-25(15-17-26)20-10-5-6-12-24-20/h2-6,8-10,12H,7,11,13-18H2,1H3. The monoisotopic (exact) mass is 408 g/mol. The minimum Gasteiger partial charge on any atom is -0.445 e. The number of hydrogen-bond donors (Lipinski definition) is 0. The van der Waals surface area contributed by atoms with Crippen LogP contribution in [0.2, 0.25) is 0 Å². The number of anilines is 1. The predicted octanol–water partition coefficient (Wildman–Crippen LogP) is 2.92. The Labute approximate surface area is 177 Å². The summed E-state index contributed by atoms with van der Waals surface area (Å²) in [4.78, 5) is 36.2. The number of likely N-dealkylation sites (tertiary alicyclic amines) is 1. The van der Waals surface area contributed by atoms with Gasteiger partial charge in [0.2, 0.25) is 5.91 Å². The minimum absolute atomic E-state index is 0.0114. The summed E-state index contributed by atoms with van der Waals surface area (Å²) in [6.07, 6.45) is 2.83. The van der Waals surface area contributed by atoms with E-state index in [0.29, 0.717) is 26.1 Å². The maximum atomic E-state index is 13.4. The van der Waals surface area contributed by atoms with Crippen molar-refractivity contribution < 1.29 is 14.3 Å². The number of amides is 2. The number of nitrogens with zero attached hydrogens (tertiary/aromatic N) is 4. The molecule has 7 nitrogen and oxygen atoms in total. The van der Waals surface area contributed by atoms with Crippen LogP contribution in [0.3, 0.4) is 0 Å². The Morgan fingerprint density at radius 1 is 1.00 bits per heavy atom. The van der Waals surface area contributed by atoms with E-state index in [0.717, 1.165) is 30.9 Å². The van der Waals surface area contributed by atoms with Crippen LogP contribution in [0.5, 0.6) is 0 Å². The van der Waals surface area contributed by atoms with Crippen molar-refractivity contribution in [1.29, 1.82) is 0 Å². The molecule has 0 radical (unpaired) electrons. The smallest absolute Gasteiger partial charge is 0.410 e. The molecule has 2 fully saturated rings. The molecule has 0 spiro atoms. The first-order valence-electron chi connectivity index (χ1n) is 10.5. The fraction of sp³-hybridized carbons (Fsp3) is 0.435. The van der Waals surface area contributed by atoms with E-state index in [1.54, 1.807) is 11.1 Å². The second kappa shape index (κ2) is 8.73. The number of piperazine rings is 1. The summed E-state index contributed by atoms with van der Waals surface area (Å²) in [5.74, 6) is 0.945. The van der Waals surface area contributed by atoms with Gasteiger partial charge in [-0.2, -0.15) is 0 Å². The first kappa shape index (κ1) is 20.2. The lowest BCUT2D eigenvalue weighted by Crippen LogP contribution is -2.60. The zero-order valence-electron chi connectivity index (χ0n) is 17.4. The Balaban J connectivity index is 1.37. The summed E-state index contributed by atoms with van der Waals surface area (Å²) >= 11 is 0. The van der Waals surface area contributed by atoms with Gasteiger partial charge in [-0.25, -0.2) is 9.78 Å². The van der Waals surface area contributed by atoms with Crippen molar-refractivity contribution in [3.05, 3.63) is 60.3 Å². The maximum absolute atomic E-state index is 13.4. The fourth-order valence-electron chi connectivity index (χ4n) is 4.30. The quantitative estimate of drug-likeness (QED) is 0.778. The summed E-state index contributed by atoms with van der Waals surface area (Å²) in [5, 5.41) is 0. The van der Waals surface area contributed by atoms with Crippen LogP contribution in [-0.4, -0.2) is 65.0 Å². The molecule has 2 aromatic rings. The zero-order valence-corrected chi connectivity index (χ0v) is 17.4. The van der Waals surface area contributed by atoms with Crippen LogP contribution in [-0.2, 0) is 16.1 Å². The van der Waals surface area contributed by atoms with Gasteiger partial charge in [-0.3, -0.25) is 9.69 Å². The van der Waals surface area contributed by atoms with Gasteiger partial charge in [-0.05, 0) is 37.5 Å². The van der Waals surface area contributed by atoms with E-state index < -0.39 is 11.6 Å². The first-order chi connectivity index (χ1) is 14.6. The van der Waals surface area contributed by atoms with Crippen LogP contribution in [0.25, 0.3) is 0 Å². The van der Waals surface area contributed by atoms with E-state index >= 15 is 0 Å². The summed E-state index contributed by atoms with van der Waals surface area (Å²) in [7, 11) is 0. The van der Waals surface area contributed by atoms with Crippen molar-refractivity contribution in [3.8, 4) is 0 Å². The Kier molecular flexibility index (Phi) is 5.88. The molecule has 1 atom stereocenters. The molecule has 1 aromatic carbocycles. The number of ether oxygens (including phenoxy) is 1. The molecule has 0 aliphatic carbocycles. The summed E-state index contributed by atoms with van der Waals surface area (Å²) in [5.41, 5.74) is 0.0877. The number of benzene rings is 1. The van der Waals surface area contributed by atoms with Crippen molar-refractivity contribution in [2.75, 3.05) is 37.6 Å². The Morgan fingerprint density at radius 2 is 1.73 bits per heavy atom. The summed E-state index contributed by atoms with van der Waals surface area (Å²) in [6, 6.07) is 15.4. The van der Waals surface area contributed by atoms with E-state index in [4.69, 9.17) is 4.74 Å². The van der Waals surface area contributed by atoms with Gasteiger partial charge < -0.3 is 14.5 Å². The van der Waals surface area contributed by atoms with Gasteiger partial charge in [0, 0.05) is 38.9 Å². The molecular formula is C23H28N4O3. The highest BCUT2D eigenvalue weighted by molar-refractivity contribution is 5.90. The average Bonchev–Trinajstić information content (AvgIpc) is 3.21. The number of aromatic nitrogens is 1. The Bertz CT molecular complexity index is 869. The molecule has 4 rings (SSSR count). The third-order valence-electron chi connectivity index (χ3n) is 6.07. The molecule has 158 valence electrons. The first-order valence-corrected chi connectivity index (χ1v) is 10.5. The Hall–Kier alpha value is -3.09. The topological polar surface area (TPSA) is 66.0 Å². The highest BCUT2D eigenvalue weighted by Crippen LogP contribution is 2.32. The third-order valence-corrected chi connectivity index (χ3v) is 6.07. The number of carbonyl (C=O) groups excluding carboxylic acids is 2. The van der Waals surface area contributed by atoms with E-state index in [9.17, 15) is 9.59 Å². The van der Waals surface area contributed by atoms with Crippen LogP contribution in [0, 0.1) is 0 Å². The molecule has 2 saturated heterocycles. The lowest BCUT2D eigenvalue weighted by Gasteiger charge is -2.41. The molecule has 1 unspecified atom stereocenters. The highest BCUT2D eigenvalue weighted by atomic mass is 16.6. The number of rotatable bonds is 4. The molecule has 2 aliphatic heterocycles. The van der Waals surface area contributed by atoms with Gasteiger partial charge in [0.25, 0.3) is 0 Å². The molecular weight excluding hydrogens is 380 g/mol. The maximum Gasteiger partial charge on any atom is 0.410 e. The van der Waals surface area contributed by atoms with Crippen molar-refractivity contribution in [1.82, 2.24) is 14.8 Å². The van der Waals surface area contributed by atoms with Gasteiger partial charge in [0.15, 0.2) is 0 Å². The molecule has 0 N–H and O–H groups in total. The summed E-state index contributed by atoms with van der Waals surface area (Å²) < 4.78 is 5.52. The fourth-order valence-corrected chi connectivity index (χ4v) is 4.30. The molecule has 0 saturated carbocycles. The van der Waals surface area contributed by atoms with E-state index in [-0.39, 0.29) is 12.5 Å². The van der Waals surface area contributed by atoms with Gasteiger partial charge in [-0.15, -0.1) is 0 Å². The van der Waals surface area contributed by atoms with E-state index in [1.807, 2.05) is 60.4 Å². The number of hydrogen-bond acceptors (Lipinski definition) is 5. The molecule has 2 aliphatic rings. The van der Waals surface area contributed by atoms with Crippen LogP contribution >= 0.6 is 0 Å². The van der Waals surface area contributed by atoms with Crippen molar-refractivity contribution in [2.24, 2.45) is 0 Å². The molecule has 30 heavy (non-hydrogen) atoms. The van der Waals surface area contributed by atoms with Crippen molar-refractivity contribution in [3.63, 3.8) is 0 Å². The Morgan fingerprint density at radius 3 is 2.43 bits per heavy atom. The van der Waals surface area contributed by atoms with E-state index in [2.05, 4.69) is 9.88 Å². The largest absolute Gasteiger partial charge is 0.445 e. The normalized spacial score (nSPS) is 21.6. The molecule has 2 amide bonds. The van der Waals surface area contributed by atoms with Crippen LogP contribution < -0.4 is 4.90 Å². The van der Waals surface area contributed by atoms with Crippen molar-refractivity contribution in [2.45, 2.75) is 31.9 Å². The average molecular weight is 409 g/mol. The molecule has 1 aromatic heterocycles. The zero-order chi connectivity index (χ0) is 21.0. The van der Waals surface area contributed by atoms with Gasteiger partial charge >= 0.3 is 6.09 Å². The second-order valence-corrected chi connectivity index (χ2v) is 8.04. The lowest BCUT2D eigenvalue weighted by molar-refractivity contribution is -0.141. The number of carbonyl (C=O) groups is 2. The van der Waals surface area contributed by atoms with Gasteiger partial charge in [0.05, 0.1) is 0 Å². The lowest BCUT2D eigenvalue weighted by atomic mass is 9.96. The second-order valence-electron chi connectivity index (χ2n) is 8.04. The van der Waals surface area contributed by atoms with Crippen LogP contribution in [0.4, 0.5) is 10.6 Å². The predicted molar refractivity (Wildman–Crippen MR) is 114 cm³/mol. The molecule has 0 bridgehead atoms. The third kappa shape index (κ3) is 4.10. The summed E-state index contributed by atoms with van der Waals surface area (Å²) in [6.45, 7) is 5.34. The number of pyridine rings is 1. The van der Waals surface area contributed by atoms with Gasteiger partial charge in [0.1, 0.15) is 18.0 Å². The molecule has 7 heteroatoms. The van der Waals surface area contributed by atoms with Crippen molar-refractivity contribution >= 4 is 17.8 Å². The van der Waals surface area contributed by atoms with E-state index in [1.165, 1.54) is 0 Å². The minimum atomic E-state index is -0.846. The highest BCUT2D eigenvalue weighted by Gasteiger charge is 2.48.